The topological polar surface area (TPSA) is 66.9 Å². The summed E-state index contributed by atoms with van der Waals surface area (Å²) in [5.74, 6) is 0.473. The Kier molecular flexibility index (Phi) is 6.21. The van der Waals surface area contributed by atoms with Crippen molar-refractivity contribution in [2.75, 3.05) is 17.2 Å². The highest BCUT2D eigenvalue weighted by atomic mass is 79.9. The molecule has 1 amide bonds. The Balaban J connectivity index is 2.19. The summed E-state index contributed by atoms with van der Waals surface area (Å²) in [4.78, 5) is 20.6. The zero-order valence-electron chi connectivity index (χ0n) is 12.6. The minimum atomic E-state index is -0.210. The van der Waals surface area contributed by atoms with Crippen LogP contribution in [0.3, 0.4) is 0 Å². The fourth-order valence-corrected chi connectivity index (χ4v) is 3.00. The van der Waals surface area contributed by atoms with Gasteiger partial charge in [-0.05, 0) is 47.5 Å². The van der Waals surface area contributed by atoms with Crippen LogP contribution in [0.5, 0.6) is 0 Å². The van der Waals surface area contributed by atoms with Crippen LogP contribution in [-0.2, 0) is 11.2 Å². The van der Waals surface area contributed by atoms with Gasteiger partial charge in [-0.1, -0.05) is 23.2 Å². The van der Waals surface area contributed by atoms with E-state index >= 15 is 0 Å². The van der Waals surface area contributed by atoms with Gasteiger partial charge in [0, 0.05) is 22.8 Å². The monoisotopic (exact) mass is 416 g/mol. The average Bonchev–Trinajstić information content (AvgIpc) is 2.46. The van der Waals surface area contributed by atoms with Gasteiger partial charge >= 0.3 is 0 Å². The Morgan fingerprint density at radius 1 is 1.35 bits per heavy atom. The predicted octanol–water partition coefficient (Wildman–Crippen LogP) is 4.47. The molecule has 2 heterocycles. The average molecular weight is 418 g/mol. The number of hydrogen-bond donors (Lipinski definition) is 2. The smallest absolute Gasteiger partial charge is 0.229 e. The molecule has 2 rings (SSSR count). The third kappa shape index (κ3) is 4.80. The number of amides is 1. The lowest BCUT2D eigenvalue weighted by Crippen LogP contribution is -2.17. The van der Waals surface area contributed by atoms with Crippen molar-refractivity contribution in [1.29, 1.82) is 0 Å². The fourth-order valence-electron chi connectivity index (χ4n) is 2.04. The summed E-state index contributed by atoms with van der Waals surface area (Å²) in [6.07, 6.45) is 1.84. The van der Waals surface area contributed by atoms with E-state index in [4.69, 9.17) is 23.2 Å². The van der Waals surface area contributed by atoms with Gasteiger partial charge in [0.1, 0.15) is 11.0 Å². The molecule has 8 heteroatoms. The summed E-state index contributed by atoms with van der Waals surface area (Å²) in [5.41, 5.74) is 2.01. The predicted molar refractivity (Wildman–Crippen MR) is 97.4 cm³/mol. The highest BCUT2D eigenvalue weighted by Gasteiger charge is 2.14. The summed E-state index contributed by atoms with van der Waals surface area (Å²) in [5, 5.41) is 6.37. The molecule has 0 aromatic carbocycles. The maximum Gasteiger partial charge on any atom is 0.229 e. The molecule has 0 bridgehead atoms. The van der Waals surface area contributed by atoms with E-state index in [0.717, 1.165) is 22.1 Å². The fraction of sp³-hybridized carbons (Fsp3) is 0.267. The number of nitrogens with one attached hydrogen (secondary N) is 2. The summed E-state index contributed by atoms with van der Waals surface area (Å²) in [7, 11) is 0. The van der Waals surface area contributed by atoms with Crippen LogP contribution >= 0.6 is 39.1 Å². The maximum atomic E-state index is 12.3. The molecule has 5 nitrogen and oxygen atoms in total. The maximum absolute atomic E-state index is 12.3. The molecule has 0 aliphatic rings. The van der Waals surface area contributed by atoms with Crippen LogP contribution in [-0.4, -0.2) is 22.4 Å². The van der Waals surface area contributed by atoms with Gasteiger partial charge in [0.15, 0.2) is 5.15 Å². The van der Waals surface area contributed by atoms with Crippen molar-refractivity contribution in [3.8, 4) is 0 Å². The van der Waals surface area contributed by atoms with Gasteiger partial charge in [-0.15, -0.1) is 0 Å². The normalized spacial score (nSPS) is 10.5. The number of rotatable bonds is 5. The largest absolute Gasteiger partial charge is 0.370 e. The lowest BCUT2D eigenvalue weighted by Gasteiger charge is -2.12. The van der Waals surface area contributed by atoms with Crippen molar-refractivity contribution in [2.45, 2.75) is 20.3 Å². The van der Waals surface area contributed by atoms with Crippen molar-refractivity contribution >= 4 is 56.5 Å². The van der Waals surface area contributed by atoms with Gasteiger partial charge in [0.05, 0.1) is 12.1 Å². The Labute approximate surface area is 152 Å². The molecule has 2 aromatic rings. The molecule has 0 aliphatic carbocycles. The molecule has 0 spiro atoms. The molecule has 0 atom stereocenters. The van der Waals surface area contributed by atoms with Crippen molar-refractivity contribution in [3.63, 3.8) is 0 Å². The number of pyridine rings is 2. The number of hydrogen-bond acceptors (Lipinski definition) is 4. The molecule has 0 unspecified atom stereocenters. The van der Waals surface area contributed by atoms with Crippen molar-refractivity contribution in [2.24, 2.45) is 0 Å². The molecule has 0 radical (unpaired) electrons. The first-order valence-electron chi connectivity index (χ1n) is 6.91. The number of carbonyl (C=O) groups is 1. The van der Waals surface area contributed by atoms with Crippen LogP contribution in [0, 0.1) is 6.92 Å². The van der Waals surface area contributed by atoms with E-state index in [0.29, 0.717) is 11.5 Å². The Morgan fingerprint density at radius 3 is 2.74 bits per heavy atom. The number of halogens is 3. The Hall–Kier alpha value is -1.37. The lowest BCUT2D eigenvalue weighted by molar-refractivity contribution is -0.115. The summed E-state index contributed by atoms with van der Waals surface area (Å²) < 4.78 is 0.810. The SMILES string of the molecule is CCNc1ncc(Br)cc1CC(=O)Nc1c(C)cc(Cl)nc1Cl. The van der Waals surface area contributed by atoms with Crippen molar-refractivity contribution in [1.82, 2.24) is 9.97 Å². The number of nitrogens with zero attached hydrogens (tertiary/aromatic N) is 2. The first-order valence-corrected chi connectivity index (χ1v) is 8.46. The zero-order valence-corrected chi connectivity index (χ0v) is 15.7. The minimum absolute atomic E-state index is 0.160. The van der Waals surface area contributed by atoms with Crippen LogP contribution in [0.2, 0.25) is 10.3 Å². The van der Waals surface area contributed by atoms with Gasteiger partial charge in [0.25, 0.3) is 0 Å². The highest BCUT2D eigenvalue weighted by Crippen LogP contribution is 2.27. The van der Waals surface area contributed by atoms with E-state index in [1.165, 1.54) is 0 Å². The summed E-state index contributed by atoms with van der Waals surface area (Å²) >= 11 is 15.2. The first kappa shape index (κ1) is 18.0. The molecule has 0 aliphatic heterocycles. The minimum Gasteiger partial charge on any atom is -0.370 e. The Morgan fingerprint density at radius 2 is 2.09 bits per heavy atom. The number of anilines is 2. The van der Waals surface area contributed by atoms with Crippen molar-refractivity contribution < 1.29 is 4.79 Å². The van der Waals surface area contributed by atoms with Gasteiger partial charge in [-0.25, -0.2) is 9.97 Å². The Bertz CT molecular complexity index is 716. The lowest BCUT2D eigenvalue weighted by atomic mass is 10.1. The molecular weight excluding hydrogens is 403 g/mol. The molecule has 2 N–H and O–H groups in total. The number of carbonyl (C=O) groups excluding carboxylic acids is 1. The second-order valence-corrected chi connectivity index (χ2v) is 6.51. The van der Waals surface area contributed by atoms with Gasteiger partial charge in [-0.3, -0.25) is 4.79 Å². The molecule has 0 saturated heterocycles. The number of aryl methyl sites for hydroxylation is 1. The zero-order chi connectivity index (χ0) is 17.0. The van der Waals surface area contributed by atoms with E-state index in [9.17, 15) is 4.79 Å². The highest BCUT2D eigenvalue weighted by molar-refractivity contribution is 9.10. The van der Waals surface area contributed by atoms with E-state index < -0.39 is 0 Å². The van der Waals surface area contributed by atoms with E-state index in [-0.39, 0.29) is 22.6 Å². The molecule has 0 saturated carbocycles. The molecule has 0 fully saturated rings. The molecular formula is C15H15BrCl2N4O. The molecule has 122 valence electrons. The van der Waals surface area contributed by atoms with Gasteiger partial charge in [0.2, 0.25) is 5.91 Å². The van der Waals surface area contributed by atoms with Crippen LogP contribution in [0.25, 0.3) is 0 Å². The van der Waals surface area contributed by atoms with Crippen LogP contribution in [0.1, 0.15) is 18.1 Å². The third-order valence-corrected chi connectivity index (χ3v) is 3.93. The second-order valence-electron chi connectivity index (χ2n) is 4.84. The van der Waals surface area contributed by atoms with Gasteiger partial charge < -0.3 is 10.6 Å². The van der Waals surface area contributed by atoms with Crippen LogP contribution in [0.15, 0.2) is 22.8 Å². The van der Waals surface area contributed by atoms with E-state index in [2.05, 4.69) is 36.5 Å². The molecule has 23 heavy (non-hydrogen) atoms. The van der Waals surface area contributed by atoms with Crippen molar-refractivity contribution in [3.05, 3.63) is 44.2 Å². The summed E-state index contributed by atoms with van der Waals surface area (Å²) in [6, 6.07) is 3.51. The quantitative estimate of drug-likeness (QED) is 0.704. The van der Waals surface area contributed by atoms with Crippen LogP contribution < -0.4 is 10.6 Å². The molecule has 2 aromatic heterocycles. The van der Waals surface area contributed by atoms with Gasteiger partial charge in [-0.2, -0.15) is 0 Å². The first-order chi connectivity index (χ1) is 10.9. The van der Waals surface area contributed by atoms with E-state index in [1.54, 1.807) is 19.2 Å². The summed E-state index contributed by atoms with van der Waals surface area (Å²) in [6.45, 7) is 4.49. The standard InChI is InChI=1S/C15H15BrCl2N4O/c1-3-19-15-9(5-10(16)7-20-15)6-12(23)22-13-8(2)4-11(17)21-14(13)18/h4-5,7H,3,6H2,1-2H3,(H,19,20)(H,22,23). The third-order valence-electron chi connectivity index (χ3n) is 3.03. The van der Waals surface area contributed by atoms with E-state index in [1.807, 2.05) is 13.0 Å². The number of aromatic nitrogens is 2. The van der Waals surface area contributed by atoms with Crippen LogP contribution in [0.4, 0.5) is 11.5 Å². The second kappa shape index (κ2) is 7.95.